The van der Waals surface area contributed by atoms with Gasteiger partial charge in [0.05, 0.1) is 12.3 Å². The number of guanidine groups is 1. The van der Waals surface area contributed by atoms with Crippen molar-refractivity contribution in [3.63, 3.8) is 0 Å². The van der Waals surface area contributed by atoms with Crippen molar-refractivity contribution in [1.82, 2.24) is 4.72 Å². The average Bonchev–Trinajstić information content (AvgIpc) is 2.56. The van der Waals surface area contributed by atoms with Crippen molar-refractivity contribution in [2.75, 3.05) is 17.6 Å². The molecule has 0 aliphatic carbocycles. The Labute approximate surface area is 166 Å². The molecule has 136 valence electrons. The van der Waals surface area contributed by atoms with Crippen LogP contribution >= 0.6 is 24.0 Å². The van der Waals surface area contributed by atoms with Crippen LogP contribution < -0.4 is 15.8 Å². The van der Waals surface area contributed by atoms with Crippen LogP contribution in [0.15, 0.2) is 59.6 Å². The summed E-state index contributed by atoms with van der Waals surface area (Å²) in [5.41, 5.74) is 8.63. The Morgan fingerprint density at radius 1 is 1.08 bits per heavy atom. The molecule has 0 saturated heterocycles. The van der Waals surface area contributed by atoms with E-state index in [1.54, 1.807) is 0 Å². The Bertz CT molecular complexity index is 778. The first-order chi connectivity index (χ1) is 11.4. The predicted molar refractivity (Wildman–Crippen MR) is 114 cm³/mol. The molecule has 0 amide bonds. The Morgan fingerprint density at radius 3 is 2.36 bits per heavy atom. The molecule has 0 unspecified atom stereocenters. The highest BCUT2D eigenvalue weighted by Crippen LogP contribution is 2.07. The van der Waals surface area contributed by atoms with E-state index in [9.17, 15) is 8.42 Å². The summed E-state index contributed by atoms with van der Waals surface area (Å²) in [5.74, 6) is 0.0768. The summed E-state index contributed by atoms with van der Waals surface area (Å²) >= 11 is 0. The maximum atomic E-state index is 11.9. The second-order valence-corrected chi connectivity index (χ2v) is 7.31. The van der Waals surface area contributed by atoms with Gasteiger partial charge < -0.3 is 11.1 Å². The zero-order valence-electron chi connectivity index (χ0n) is 14.0. The van der Waals surface area contributed by atoms with E-state index in [1.807, 2.05) is 61.5 Å². The van der Waals surface area contributed by atoms with Crippen molar-refractivity contribution in [1.29, 1.82) is 0 Å². The molecule has 0 heterocycles. The molecule has 2 aromatic rings. The van der Waals surface area contributed by atoms with Gasteiger partial charge in [0.1, 0.15) is 0 Å². The number of anilines is 1. The third kappa shape index (κ3) is 8.32. The molecule has 0 aromatic heterocycles. The Kier molecular flexibility index (Phi) is 8.87. The first-order valence-corrected chi connectivity index (χ1v) is 9.25. The summed E-state index contributed by atoms with van der Waals surface area (Å²) in [6, 6.07) is 17.0. The number of hydrogen-bond donors (Lipinski definition) is 3. The Morgan fingerprint density at radius 2 is 1.72 bits per heavy atom. The lowest BCUT2D eigenvalue weighted by Gasteiger charge is -2.07. The summed E-state index contributed by atoms with van der Waals surface area (Å²) < 4.78 is 26.4. The van der Waals surface area contributed by atoms with Gasteiger partial charge in [-0.15, -0.1) is 24.0 Å². The molecule has 0 bridgehead atoms. The molecule has 8 heteroatoms. The molecule has 0 fully saturated rings. The topological polar surface area (TPSA) is 96.6 Å². The standard InChI is InChI=1S/C17H22N4O2S.HI/c1-14-7-9-16(10-8-14)21-17(18)19-11-12-24(22,23)20-13-15-5-3-2-4-6-15;/h2-10,20H,11-13H2,1H3,(H3,18,19,21);1H. The molecule has 25 heavy (non-hydrogen) atoms. The van der Waals surface area contributed by atoms with Crippen molar-refractivity contribution < 1.29 is 8.42 Å². The first-order valence-electron chi connectivity index (χ1n) is 7.59. The number of rotatable bonds is 7. The molecular weight excluding hydrogens is 451 g/mol. The van der Waals surface area contributed by atoms with Gasteiger partial charge in [-0.25, -0.2) is 13.1 Å². The molecule has 0 atom stereocenters. The van der Waals surface area contributed by atoms with Crippen LogP contribution in [-0.2, 0) is 16.6 Å². The van der Waals surface area contributed by atoms with E-state index >= 15 is 0 Å². The minimum atomic E-state index is -3.39. The number of halogens is 1. The van der Waals surface area contributed by atoms with E-state index in [1.165, 1.54) is 0 Å². The van der Waals surface area contributed by atoms with Crippen molar-refractivity contribution >= 4 is 45.6 Å². The third-order valence-corrected chi connectivity index (χ3v) is 4.61. The van der Waals surface area contributed by atoms with Gasteiger partial charge in [-0.3, -0.25) is 4.99 Å². The number of sulfonamides is 1. The second kappa shape index (κ2) is 10.4. The molecule has 4 N–H and O–H groups in total. The van der Waals surface area contributed by atoms with Crippen molar-refractivity contribution in [3.8, 4) is 0 Å². The summed E-state index contributed by atoms with van der Waals surface area (Å²) in [4.78, 5) is 4.05. The van der Waals surface area contributed by atoms with Gasteiger partial charge in [0, 0.05) is 12.2 Å². The number of aryl methyl sites for hydroxylation is 1. The van der Waals surface area contributed by atoms with Gasteiger partial charge in [0.25, 0.3) is 0 Å². The second-order valence-electron chi connectivity index (χ2n) is 5.38. The fourth-order valence-electron chi connectivity index (χ4n) is 1.97. The number of nitrogens with one attached hydrogen (secondary N) is 2. The van der Waals surface area contributed by atoms with Crippen LogP contribution in [0.2, 0.25) is 0 Å². The van der Waals surface area contributed by atoms with E-state index < -0.39 is 10.0 Å². The molecular formula is C17H23IN4O2S. The van der Waals surface area contributed by atoms with Gasteiger partial charge in [0.15, 0.2) is 5.96 Å². The zero-order chi connectivity index (χ0) is 17.4. The Hall–Kier alpha value is -1.65. The van der Waals surface area contributed by atoms with Gasteiger partial charge >= 0.3 is 0 Å². The van der Waals surface area contributed by atoms with Crippen molar-refractivity contribution in [3.05, 3.63) is 65.7 Å². The average molecular weight is 474 g/mol. The van der Waals surface area contributed by atoms with Crippen LogP contribution in [0.3, 0.4) is 0 Å². The Balaban J connectivity index is 0.00000312. The first kappa shape index (κ1) is 21.4. The largest absolute Gasteiger partial charge is 0.370 e. The summed E-state index contributed by atoms with van der Waals surface area (Å²) in [6.07, 6.45) is 0. The lowest BCUT2D eigenvalue weighted by Crippen LogP contribution is -2.28. The fourth-order valence-corrected chi connectivity index (χ4v) is 2.83. The molecule has 0 spiro atoms. The SMILES string of the molecule is Cc1ccc(NC(N)=NCCS(=O)(=O)NCc2ccccc2)cc1.I. The molecule has 0 saturated carbocycles. The van der Waals surface area contributed by atoms with E-state index in [4.69, 9.17) is 5.73 Å². The van der Waals surface area contributed by atoms with Gasteiger partial charge in [-0.2, -0.15) is 0 Å². The maximum absolute atomic E-state index is 11.9. The van der Waals surface area contributed by atoms with Gasteiger partial charge in [0.2, 0.25) is 10.0 Å². The molecule has 2 rings (SSSR count). The lowest BCUT2D eigenvalue weighted by atomic mass is 10.2. The minimum absolute atomic E-state index is 0. The van der Waals surface area contributed by atoms with E-state index in [2.05, 4.69) is 15.0 Å². The summed E-state index contributed by atoms with van der Waals surface area (Å²) in [5, 5.41) is 2.93. The van der Waals surface area contributed by atoms with E-state index in [0.29, 0.717) is 0 Å². The van der Waals surface area contributed by atoms with Gasteiger partial charge in [-0.05, 0) is 24.6 Å². The van der Waals surface area contributed by atoms with Crippen molar-refractivity contribution in [2.45, 2.75) is 13.5 Å². The lowest BCUT2D eigenvalue weighted by molar-refractivity contribution is 0.581. The number of nitrogens with two attached hydrogens (primary N) is 1. The smallest absolute Gasteiger partial charge is 0.213 e. The van der Waals surface area contributed by atoms with Crippen LogP contribution in [0, 0.1) is 6.92 Å². The monoisotopic (exact) mass is 474 g/mol. The maximum Gasteiger partial charge on any atom is 0.213 e. The summed E-state index contributed by atoms with van der Waals surface area (Å²) in [7, 11) is -3.39. The fraction of sp³-hybridized carbons (Fsp3) is 0.235. The van der Waals surface area contributed by atoms with Crippen LogP contribution in [0.5, 0.6) is 0 Å². The van der Waals surface area contributed by atoms with Crippen LogP contribution in [0.25, 0.3) is 0 Å². The highest BCUT2D eigenvalue weighted by atomic mass is 127. The molecule has 0 aliphatic heterocycles. The third-order valence-electron chi connectivity index (χ3n) is 3.31. The molecule has 0 aliphatic rings. The van der Waals surface area contributed by atoms with Crippen molar-refractivity contribution in [2.24, 2.45) is 10.7 Å². The van der Waals surface area contributed by atoms with E-state index in [-0.39, 0.29) is 48.8 Å². The zero-order valence-corrected chi connectivity index (χ0v) is 17.1. The minimum Gasteiger partial charge on any atom is -0.370 e. The van der Waals surface area contributed by atoms with Crippen LogP contribution in [0.4, 0.5) is 5.69 Å². The number of nitrogens with zero attached hydrogens (tertiary/aromatic N) is 1. The van der Waals surface area contributed by atoms with E-state index in [0.717, 1.165) is 16.8 Å². The molecule has 6 nitrogen and oxygen atoms in total. The summed E-state index contributed by atoms with van der Waals surface area (Å²) in [6.45, 7) is 2.35. The predicted octanol–water partition coefficient (Wildman–Crippen LogP) is 2.46. The van der Waals surface area contributed by atoms with Gasteiger partial charge in [-0.1, -0.05) is 48.0 Å². The quantitative estimate of drug-likeness (QED) is 0.326. The highest BCUT2D eigenvalue weighted by molar-refractivity contribution is 14.0. The normalized spacial score (nSPS) is 11.6. The van der Waals surface area contributed by atoms with Crippen LogP contribution in [-0.4, -0.2) is 26.7 Å². The molecule has 0 radical (unpaired) electrons. The molecule has 2 aromatic carbocycles. The highest BCUT2D eigenvalue weighted by Gasteiger charge is 2.09. The number of benzene rings is 2. The number of hydrogen-bond acceptors (Lipinski definition) is 3. The number of aliphatic imine (C=N–C) groups is 1. The van der Waals surface area contributed by atoms with Crippen LogP contribution in [0.1, 0.15) is 11.1 Å².